The van der Waals surface area contributed by atoms with Crippen LogP contribution in [0.2, 0.25) is 18.1 Å². The molecule has 0 fully saturated rings. The van der Waals surface area contributed by atoms with Crippen LogP contribution in [0.5, 0.6) is 0 Å². The molecular formula is C15H34OSi. The van der Waals surface area contributed by atoms with Crippen LogP contribution in [0.25, 0.3) is 0 Å². The van der Waals surface area contributed by atoms with Gasteiger partial charge in [-0.3, -0.25) is 0 Å². The highest BCUT2D eigenvalue weighted by atomic mass is 28.4. The Kier molecular flexibility index (Phi) is 11.4. The van der Waals surface area contributed by atoms with Crippen LogP contribution >= 0.6 is 0 Å². The Balaban J connectivity index is 4.12. The molecule has 0 atom stereocenters. The molecule has 0 aromatic heterocycles. The molecule has 0 unspecified atom stereocenters. The van der Waals surface area contributed by atoms with Gasteiger partial charge in [0.05, 0.1) is 0 Å². The molecule has 0 aromatic rings. The average molecular weight is 259 g/mol. The van der Waals surface area contributed by atoms with Crippen LogP contribution in [0.4, 0.5) is 0 Å². The van der Waals surface area contributed by atoms with E-state index in [9.17, 15) is 0 Å². The lowest BCUT2D eigenvalue weighted by Gasteiger charge is -2.30. The Bertz CT molecular complexity index is 151. The third-order valence-electron chi connectivity index (χ3n) is 3.89. The molecule has 17 heavy (non-hydrogen) atoms. The third-order valence-corrected chi connectivity index (χ3v) is 8.55. The molecule has 2 heteroatoms. The summed E-state index contributed by atoms with van der Waals surface area (Å²) in [6.07, 6.45) is 10.9. The summed E-state index contributed by atoms with van der Waals surface area (Å²) in [5.41, 5.74) is 0. The molecule has 0 aliphatic heterocycles. The number of hydrogen-bond donors (Lipinski definition) is 0. The SMILES string of the molecule is CCCCCC[Si](CCCC)(CCCC)OC. The highest BCUT2D eigenvalue weighted by Gasteiger charge is 2.31. The molecule has 0 saturated carbocycles. The lowest BCUT2D eigenvalue weighted by Crippen LogP contribution is -2.36. The molecule has 0 radical (unpaired) electrons. The summed E-state index contributed by atoms with van der Waals surface area (Å²) in [7, 11) is 0.622. The van der Waals surface area contributed by atoms with Gasteiger partial charge >= 0.3 is 0 Å². The van der Waals surface area contributed by atoms with Gasteiger partial charge in [0, 0.05) is 7.11 Å². The summed E-state index contributed by atoms with van der Waals surface area (Å²) in [6.45, 7) is 6.88. The topological polar surface area (TPSA) is 9.23 Å². The molecule has 0 N–H and O–H groups in total. The van der Waals surface area contributed by atoms with E-state index in [1.165, 1.54) is 69.5 Å². The van der Waals surface area contributed by atoms with Crippen molar-refractivity contribution in [3.8, 4) is 0 Å². The first-order chi connectivity index (χ1) is 8.24. The van der Waals surface area contributed by atoms with Crippen molar-refractivity contribution < 1.29 is 4.43 Å². The fourth-order valence-electron chi connectivity index (χ4n) is 2.55. The van der Waals surface area contributed by atoms with Gasteiger partial charge < -0.3 is 4.43 Å². The lowest BCUT2D eigenvalue weighted by molar-refractivity contribution is 0.382. The molecule has 104 valence electrons. The Morgan fingerprint density at radius 1 is 0.647 bits per heavy atom. The minimum absolute atomic E-state index is 1.32. The largest absolute Gasteiger partial charge is 0.420 e. The second-order valence-corrected chi connectivity index (χ2v) is 9.68. The van der Waals surface area contributed by atoms with Crippen molar-refractivity contribution in [3.63, 3.8) is 0 Å². The second-order valence-electron chi connectivity index (χ2n) is 5.40. The fourth-order valence-corrected chi connectivity index (χ4v) is 6.81. The first-order valence-electron chi connectivity index (χ1n) is 7.79. The maximum absolute atomic E-state index is 6.06. The van der Waals surface area contributed by atoms with E-state index in [-0.39, 0.29) is 0 Å². The molecule has 0 aliphatic rings. The number of rotatable bonds is 12. The monoisotopic (exact) mass is 258 g/mol. The maximum Gasteiger partial charge on any atom is 0.192 e. The molecule has 0 rings (SSSR count). The van der Waals surface area contributed by atoms with Gasteiger partial charge in [-0.05, 0) is 18.1 Å². The van der Waals surface area contributed by atoms with Crippen LogP contribution < -0.4 is 0 Å². The van der Waals surface area contributed by atoms with Crippen LogP contribution in [0.1, 0.15) is 72.1 Å². The van der Waals surface area contributed by atoms with Gasteiger partial charge in [0.2, 0.25) is 0 Å². The predicted molar refractivity (Wildman–Crippen MR) is 81.1 cm³/mol. The molecule has 0 saturated heterocycles. The van der Waals surface area contributed by atoms with Gasteiger partial charge in [-0.1, -0.05) is 72.1 Å². The summed E-state index contributed by atoms with van der Waals surface area (Å²) >= 11 is 0. The summed E-state index contributed by atoms with van der Waals surface area (Å²) in [5.74, 6) is 0. The molecule has 0 aliphatic carbocycles. The molecule has 0 heterocycles. The smallest absolute Gasteiger partial charge is 0.192 e. The second kappa shape index (κ2) is 11.3. The van der Waals surface area contributed by atoms with E-state index in [4.69, 9.17) is 4.43 Å². The van der Waals surface area contributed by atoms with Crippen molar-refractivity contribution in [2.45, 2.75) is 90.3 Å². The zero-order valence-corrected chi connectivity index (χ0v) is 13.7. The van der Waals surface area contributed by atoms with E-state index in [0.717, 1.165) is 0 Å². The highest BCUT2D eigenvalue weighted by Crippen LogP contribution is 2.29. The van der Waals surface area contributed by atoms with Crippen molar-refractivity contribution in [1.82, 2.24) is 0 Å². The minimum Gasteiger partial charge on any atom is -0.420 e. The van der Waals surface area contributed by atoms with Gasteiger partial charge in [0.1, 0.15) is 0 Å². The van der Waals surface area contributed by atoms with E-state index >= 15 is 0 Å². The van der Waals surface area contributed by atoms with E-state index in [1.54, 1.807) is 0 Å². The number of unbranched alkanes of at least 4 members (excludes halogenated alkanes) is 5. The Hall–Kier alpha value is 0.177. The molecule has 0 bridgehead atoms. The van der Waals surface area contributed by atoms with Crippen molar-refractivity contribution in [3.05, 3.63) is 0 Å². The van der Waals surface area contributed by atoms with Crippen LogP contribution in [0, 0.1) is 0 Å². The molecule has 0 aromatic carbocycles. The standard InChI is InChI=1S/C15H34OSi/c1-5-8-11-12-15-17(16-4,13-9-6-2)14-10-7-3/h5-15H2,1-4H3. The van der Waals surface area contributed by atoms with Crippen LogP contribution in [0.15, 0.2) is 0 Å². The van der Waals surface area contributed by atoms with Gasteiger partial charge in [-0.15, -0.1) is 0 Å². The Morgan fingerprint density at radius 2 is 1.12 bits per heavy atom. The van der Waals surface area contributed by atoms with E-state index in [2.05, 4.69) is 20.8 Å². The third kappa shape index (κ3) is 7.99. The van der Waals surface area contributed by atoms with Crippen molar-refractivity contribution in [2.75, 3.05) is 7.11 Å². The summed E-state index contributed by atoms with van der Waals surface area (Å²) in [4.78, 5) is 0. The van der Waals surface area contributed by atoms with Crippen molar-refractivity contribution >= 4 is 8.32 Å². The quantitative estimate of drug-likeness (QED) is 0.319. The van der Waals surface area contributed by atoms with Crippen molar-refractivity contribution in [1.29, 1.82) is 0 Å². The van der Waals surface area contributed by atoms with Gasteiger partial charge in [0.25, 0.3) is 0 Å². The summed E-state index contributed by atoms with van der Waals surface area (Å²) < 4.78 is 6.06. The zero-order valence-electron chi connectivity index (χ0n) is 12.7. The lowest BCUT2D eigenvalue weighted by atomic mass is 10.2. The van der Waals surface area contributed by atoms with Crippen LogP contribution in [-0.4, -0.2) is 15.4 Å². The summed E-state index contributed by atoms with van der Waals surface area (Å²) in [5, 5.41) is 0. The first kappa shape index (κ1) is 17.2. The predicted octanol–water partition coefficient (Wildman–Crippen LogP) is 5.76. The van der Waals surface area contributed by atoms with Gasteiger partial charge in [-0.2, -0.15) is 0 Å². The van der Waals surface area contributed by atoms with Gasteiger partial charge in [-0.25, -0.2) is 0 Å². The van der Waals surface area contributed by atoms with E-state index in [1.807, 2.05) is 7.11 Å². The first-order valence-corrected chi connectivity index (χ1v) is 10.3. The average Bonchev–Trinajstić information content (AvgIpc) is 2.37. The molecule has 1 nitrogen and oxygen atoms in total. The normalized spacial score (nSPS) is 12.0. The minimum atomic E-state index is -1.36. The van der Waals surface area contributed by atoms with Gasteiger partial charge in [0.15, 0.2) is 8.32 Å². The van der Waals surface area contributed by atoms with E-state index < -0.39 is 8.32 Å². The highest BCUT2D eigenvalue weighted by molar-refractivity contribution is 6.73. The zero-order chi connectivity index (χ0) is 13.0. The Labute approximate surface area is 110 Å². The van der Waals surface area contributed by atoms with Crippen LogP contribution in [-0.2, 0) is 4.43 Å². The molecule has 0 spiro atoms. The molecular weight excluding hydrogens is 224 g/mol. The summed E-state index contributed by atoms with van der Waals surface area (Å²) in [6, 6.07) is 4.20. The Morgan fingerprint density at radius 3 is 1.53 bits per heavy atom. The van der Waals surface area contributed by atoms with Crippen molar-refractivity contribution in [2.24, 2.45) is 0 Å². The fraction of sp³-hybridized carbons (Fsp3) is 1.00. The molecule has 0 amide bonds. The number of hydrogen-bond acceptors (Lipinski definition) is 1. The van der Waals surface area contributed by atoms with Crippen LogP contribution in [0.3, 0.4) is 0 Å². The van der Waals surface area contributed by atoms with E-state index in [0.29, 0.717) is 0 Å². The maximum atomic E-state index is 6.06.